The number of benzene rings is 1. The van der Waals surface area contributed by atoms with E-state index in [0.29, 0.717) is 5.41 Å². The van der Waals surface area contributed by atoms with Crippen LogP contribution in [-0.4, -0.2) is 6.61 Å². The van der Waals surface area contributed by atoms with Crippen LogP contribution in [0.25, 0.3) is 0 Å². The molecule has 2 N–H and O–H groups in total. The summed E-state index contributed by atoms with van der Waals surface area (Å²) >= 11 is 0. The highest BCUT2D eigenvalue weighted by Crippen LogP contribution is 2.60. The van der Waals surface area contributed by atoms with E-state index in [0.717, 1.165) is 18.4 Å². The molecule has 2 aliphatic carbocycles. The van der Waals surface area contributed by atoms with Gasteiger partial charge in [-0.15, -0.1) is 0 Å². The molecule has 0 aromatic heterocycles. The van der Waals surface area contributed by atoms with Crippen LogP contribution in [0.4, 0.5) is 8.78 Å². The van der Waals surface area contributed by atoms with E-state index in [4.69, 9.17) is 5.73 Å². The van der Waals surface area contributed by atoms with Gasteiger partial charge in [-0.25, -0.2) is 0 Å². The lowest BCUT2D eigenvalue weighted by molar-refractivity contribution is -0.0498. The normalized spacial score (nSPS) is 23.6. The summed E-state index contributed by atoms with van der Waals surface area (Å²) < 4.78 is 28.5. The van der Waals surface area contributed by atoms with Crippen LogP contribution in [0.2, 0.25) is 0 Å². The van der Waals surface area contributed by atoms with Gasteiger partial charge in [0, 0.05) is 5.54 Å². The molecule has 3 rings (SSSR count). The van der Waals surface area contributed by atoms with Crippen molar-refractivity contribution in [3.05, 3.63) is 29.8 Å². The van der Waals surface area contributed by atoms with Crippen molar-refractivity contribution in [2.75, 3.05) is 0 Å². The SMILES string of the molecule is NC1(c2ccc(OC(F)F)cc2)CC2(CCCC2)C1. The van der Waals surface area contributed by atoms with Crippen molar-refractivity contribution in [2.45, 2.75) is 50.7 Å². The Balaban J connectivity index is 1.69. The highest BCUT2D eigenvalue weighted by molar-refractivity contribution is 5.34. The number of hydrogen-bond donors (Lipinski definition) is 1. The molecule has 0 saturated heterocycles. The zero-order valence-electron chi connectivity index (χ0n) is 10.9. The van der Waals surface area contributed by atoms with Gasteiger partial charge in [0.2, 0.25) is 0 Å². The van der Waals surface area contributed by atoms with E-state index in [-0.39, 0.29) is 11.3 Å². The Bertz CT molecular complexity index is 444. The molecule has 2 saturated carbocycles. The van der Waals surface area contributed by atoms with Crippen LogP contribution in [0.15, 0.2) is 24.3 Å². The summed E-state index contributed by atoms with van der Waals surface area (Å²) in [4.78, 5) is 0. The van der Waals surface area contributed by atoms with Crippen molar-refractivity contribution < 1.29 is 13.5 Å². The third-order valence-electron chi connectivity index (χ3n) is 4.70. The lowest BCUT2D eigenvalue weighted by Gasteiger charge is -2.53. The summed E-state index contributed by atoms with van der Waals surface area (Å²) in [6.45, 7) is -2.77. The van der Waals surface area contributed by atoms with E-state index < -0.39 is 6.61 Å². The van der Waals surface area contributed by atoms with E-state index in [1.165, 1.54) is 25.7 Å². The number of rotatable bonds is 3. The summed E-state index contributed by atoms with van der Waals surface area (Å²) in [5.74, 6) is 0.192. The smallest absolute Gasteiger partial charge is 0.387 e. The molecule has 0 radical (unpaired) electrons. The van der Waals surface area contributed by atoms with Crippen LogP contribution < -0.4 is 10.5 Å². The van der Waals surface area contributed by atoms with Crippen molar-refractivity contribution in [3.63, 3.8) is 0 Å². The second kappa shape index (κ2) is 4.44. The Hall–Kier alpha value is -1.16. The first kappa shape index (κ1) is 12.9. The third-order valence-corrected chi connectivity index (χ3v) is 4.70. The molecule has 19 heavy (non-hydrogen) atoms. The molecule has 2 nitrogen and oxygen atoms in total. The van der Waals surface area contributed by atoms with E-state index in [2.05, 4.69) is 4.74 Å². The van der Waals surface area contributed by atoms with Crippen molar-refractivity contribution in [3.8, 4) is 5.75 Å². The standard InChI is InChI=1S/C15H19F2NO/c16-13(17)19-12-5-3-11(4-6-12)15(18)9-14(10-15)7-1-2-8-14/h3-6,13H,1-2,7-10,18H2. The van der Waals surface area contributed by atoms with Crippen LogP contribution in [0.1, 0.15) is 44.1 Å². The van der Waals surface area contributed by atoms with Gasteiger partial charge in [0.15, 0.2) is 0 Å². The van der Waals surface area contributed by atoms with Crippen LogP contribution in [-0.2, 0) is 5.54 Å². The molecule has 0 atom stereocenters. The fourth-order valence-electron chi connectivity index (χ4n) is 3.94. The van der Waals surface area contributed by atoms with Gasteiger partial charge in [-0.2, -0.15) is 8.78 Å². The van der Waals surface area contributed by atoms with Gasteiger partial charge in [-0.3, -0.25) is 0 Å². The first-order chi connectivity index (χ1) is 9.01. The number of hydrogen-bond acceptors (Lipinski definition) is 2. The highest BCUT2D eigenvalue weighted by Gasteiger charge is 2.53. The molecule has 4 heteroatoms. The van der Waals surface area contributed by atoms with Crippen molar-refractivity contribution in [1.82, 2.24) is 0 Å². The Labute approximate surface area is 111 Å². The second-order valence-electron chi connectivity index (χ2n) is 6.12. The van der Waals surface area contributed by atoms with E-state index >= 15 is 0 Å². The first-order valence-electron chi connectivity index (χ1n) is 6.86. The average Bonchev–Trinajstić information content (AvgIpc) is 2.77. The van der Waals surface area contributed by atoms with Gasteiger partial charge in [-0.05, 0) is 48.8 Å². The Kier molecular flexibility index (Phi) is 3.01. The number of halogens is 2. The first-order valence-corrected chi connectivity index (χ1v) is 6.86. The van der Waals surface area contributed by atoms with Crippen LogP contribution >= 0.6 is 0 Å². The second-order valence-corrected chi connectivity index (χ2v) is 6.12. The topological polar surface area (TPSA) is 35.2 Å². The zero-order valence-corrected chi connectivity index (χ0v) is 10.9. The minimum atomic E-state index is -2.77. The molecule has 1 spiro atoms. The summed E-state index contributed by atoms with van der Waals surface area (Å²) in [7, 11) is 0. The molecule has 1 aromatic carbocycles. The van der Waals surface area contributed by atoms with Gasteiger partial charge in [0.05, 0.1) is 0 Å². The van der Waals surface area contributed by atoms with E-state index in [1.54, 1.807) is 12.1 Å². The van der Waals surface area contributed by atoms with Gasteiger partial charge in [0.1, 0.15) is 5.75 Å². The van der Waals surface area contributed by atoms with Gasteiger partial charge < -0.3 is 10.5 Å². The molecule has 0 heterocycles. The molecule has 0 bridgehead atoms. The molecule has 0 unspecified atom stereocenters. The summed E-state index contributed by atoms with van der Waals surface area (Å²) in [6, 6.07) is 6.80. The van der Waals surface area contributed by atoms with Crippen molar-refractivity contribution in [2.24, 2.45) is 11.1 Å². The molecule has 2 aliphatic rings. The molecule has 0 amide bonds. The van der Waals surface area contributed by atoms with Crippen molar-refractivity contribution >= 4 is 0 Å². The minimum Gasteiger partial charge on any atom is -0.435 e. The average molecular weight is 267 g/mol. The van der Waals surface area contributed by atoms with E-state index in [1.807, 2.05) is 12.1 Å². The maximum atomic E-state index is 12.1. The van der Waals surface area contributed by atoms with Crippen LogP contribution in [0, 0.1) is 5.41 Å². The highest BCUT2D eigenvalue weighted by atomic mass is 19.3. The molecular weight excluding hydrogens is 248 g/mol. The Morgan fingerprint density at radius 2 is 1.63 bits per heavy atom. The molecule has 0 aliphatic heterocycles. The van der Waals surface area contributed by atoms with Gasteiger partial charge in [-0.1, -0.05) is 25.0 Å². The van der Waals surface area contributed by atoms with Crippen molar-refractivity contribution in [1.29, 1.82) is 0 Å². The molecular formula is C15H19F2NO. The number of alkyl halides is 2. The molecule has 104 valence electrons. The third kappa shape index (κ3) is 2.34. The Morgan fingerprint density at radius 3 is 2.16 bits per heavy atom. The summed E-state index contributed by atoms with van der Waals surface area (Å²) in [5, 5.41) is 0. The zero-order chi connectivity index (χ0) is 13.5. The fourth-order valence-corrected chi connectivity index (χ4v) is 3.94. The van der Waals surface area contributed by atoms with Gasteiger partial charge in [0.25, 0.3) is 0 Å². The quantitative estimate of drug-likeness (QED) is 0.904. The van der Waals surface area contributed by atoms with Crippen LogP contribution in [0.3, 0.4) is 0 Å². The Morgan fingerprint density at radius 1 is 1.05 bits per heavy atom. The summed E-state index contributed by atoms with van der Waals surface area (Å²) in [6.07, 6.45) is 7.26. The monoisotopic (exact) mass is 267 g/mol. The number of ether oxygens (including phenoxy) is 1. The van der Waals surface area contributed by atoms with Gasteiger partial charge >= 0.3 is 6.61 Å². The lowest BCUT2D eigenvalue weighted by atomic mass is 9.55. The largest absolute Gasteiger partial charge is 0.435 e. The number of nitrogens with two attached hydrogens (primary N) is 1. The molecule has 2 fully saturated rings. The predicted molar refractivity (Wildman–Crippen MR) is 69.1 cm³/mol. The van der Waals surface area contributed by atoms with E-state index in [9.17, 15) is 8.78 Å². The predicted octanol–water partition coefficient (Wildman–Crippen LogP) is 3.80. The maximum absolute atomic E-state index is 12.1. The molecule has 1 aromatic rings. The fraction of sp³-hybridized carbons (Fsp3) is 0.600. The lowest BCUT2D eigenvalue weighted by Crippen LogP contribution is -2.54. The maximum Gasteiger partial charge on any atom is 0.387 e. The van der Waals surface area contributed by atoms with Crippen LogP contribution in [0.5, 0.6) is 5.75 Å². The summed E-state index contributed by atoms with van der Waals surface area (Å²) in [5.41, 5.74) is 7.67. The minimum absolute atomic E-state index is 0.192.